The molecule has 0 aromatic heterocycles. The second-order valence-corrected chi connectivity index (χ2v) is 4.84. The van der Waals surface area contributed by atoms with Crippen LogP contribution in [0.5, 0.6) is 0 Å². The maximum Gasteiger partial charge on any atom is 0.239 e. The van der Waals surface area contributed by atoms with Crippen molar-refractivity contribution >= 4 is 5.91 Å². The van der Waals surface area contributed by atoms with Crippen LogP contribution in [0.3, 0.4) is 0 Å². The van der Waals surface area contributed by atoms with E-state index in [1.165, 1.54) is 6.42 Å². The number of nitrogens with one attached hydrogen (secondary N) is 1. The van der Waals surface area contributed by atoms with Gasteiger partial charge in [-0.1, -0.05) is 0 Å². The van der Waals surface area contributed by atoms with Gasteiger partial charge in [-0.2, -0.15) is 0 Å². The highest BCUT2D eigenvalue weighted by atomic mass is 16.5. The van der Waals surface area contributed by atoms with E-state index in [1.54, 1.807) is 0 Å². The normalized spacial score (nSPS) is 32.2. The Morgan fingerprint density at radius 1 is 1.25 bits per heavy atom. The number of piperidine rings is 1. The zero-order chi connectivity index (χ0) is 11.4. The molecule has 2 heterocycles. The van der Waals surface area contributed by atoms with E-state index in [-0.39, 0.29) is 11.9 Å². The largest absolute Gasteiger partial charge is 0.380 e. The molecule has 2 aliphatic rings. The Kier molecular flexibility index (Phi) is 4.18. The van der Waals surface area contributed by atoms with Crippen LogP contribution in [0.1, 0.15) is 32.6 Å². The van der Waals surface area contributed by atoms with Crippen LogP contribution in [-0.4, -0.2) is 49.2 Å². The maximum absolute atomic E-state index is 12.3. The van der Waals surface area contributed by atoms with Gasteiger partial charge in [-0.25, -0.2) is 0 Å². The van der Waals surface area contributed by atoms with E-state index in [9.17, 15) is 4.79 Å². The SMILES string of the molecule is CC1CCCC(C(=O)N2CCCOCC2)N1. The monoisotopic (exact) mass is 226 g/mol. The second-order valence-electron chi connectivity index (χ2n) is 4.84. The number of ether oxygens (including phenoxy) is 1. The Labute approximate surface area is 97.3 Å². The average Bonchev–Trinajstić information content (AvgIpc) is 2.56. The van der Waals surface area contributed by atoms with Crippen molar-refractivity contribution in [3.05, 3.63) is 0 Å². The molecule has 2 rings (SSSR count). The number of hydrogen-bond donors (Lipinski definition) is 1. The van der Waals surface area contributed by atoms with Gasteiger partial charge in [-0.15, -0.1) is 0 Å². The van der Waals surface area contributed by atoms with Crippen LogP contribution in [0.2, 0.25) is 0 Å². The van der Waals surface area contributed by atoms with Crippen molar-refractivity contribution in [2.45, 2.75) is 44.7 Å². The molecular weight excluding hydrogens is 204 g/mol. The lowest BCUT2D eigenvalue weighted by atomic mass is 9.98. The van der Waals surface area contributed by atoms with Gasteiger partial charge in [0.25, 0.3) is 0 Å². The van der Waals surface area contributed by atoms with E-state index < -0.39 is 0 Å². The van der Waals surface area contributed by atoms with Crippen LogP contribution < -0.4 is 5.32 Å². The Bertz CT molecular complexity index is 233. The molecule has 0 radical (unpaired) electrons. The van der Waals surface area contributed by atoms with Crippen molar-refractivity contribution in [2.24, 2.45) is 0 Å². The lowest BCUT2D eigenvalue weighted by Gasteiger charge is -2.32. The van der Waals surface area contributed by atoms with Crippen molar-refractivity contribution in [1.29, 1.82) is 0 Å². The van der Waals surface area contributed by atoms with Gasteiger partial charge in [0.2, 0.25) is 5.91 Å². The third kappa shape index (κ3) is 2.95. The third-order valence-electron chi connectivity index (χ3n) is 3.45. The Morgan fingerprint density at radius 2 is 2.12 bits per heavy atom. The van der Waals surface area contributed by atoms with Crippen molar-refractivity contribution < 1.29 is 9.53 Å². The van der Waals surface area contributed by atoms with Crippen LogP contribution in [-0.2, 0) is 9.53 Å². The molecular formula is C12H22N2O2. The lowest BCUT2D eigenvalue weighted by Crippen LogP contribution is -2.51. The molecule has 1 amide bonds. The van der Waals surface area contributed by atoms with E-state index in [4.69, 9.17) is 4.74 Å². The molecule has 1 N–H and O–H groups in total. The molecule has 0 spiro atoms. The van der Waals surface area contributed by atoms with Gasteiger partial charge in [0.05, 0.1) is 12.6 Å². The lowest BCUT2D eigenvalue weighted by molar-refractivity contribution is -0.134. The third-order valence-corrected chi connectivity index (χ3v) is 3.45. The number of amides is 1. The fourth-order valence-electron chi connectivity index (χ4n) is 2.52. The first kappa shape index (κ1) is 11.9. The van der Waals surface area contributed by atoms with Gasteiger partial charge in [0, 0.05) is 25.7 Å². The van der Waals surface area contributed by atoms with E-state index in [0.717, 1.165) is 39.0 Å². The molecule has 4 heteroatoms. The van der Waals surface area contributed by atoms with Crippen LogP contribution in [0, 0.1) is 0 Å². The molecule has 0 saturated carbocycles. The van der Waals surface area contributed by atoms with Crippen molar-refractivity contribution in [1.82, 2.24) is 10.2 Å². The summed E-state index contributed by atoms with van der Waals surface area (Å²) < 4.78 is 5.37. The van der Waals surface area contributed by atoms with Gasteiger partial charge >= 0.3 is 0 Å². The summed E-state index contributed by atoms with van der Waals surface area (Å²) in [4.78, 5) is 14.2. The van der Waals surface area contributed by atoms with E-state index in [1.807, 2.05) is 4.90 Å². The van der Waals surface area contributed by atoms with Gasteiger partial charge in [-0.05, 0) is 32.6 Å². The Balaban J connectivity index is 1.89. The summed E-state index contributed by atoms with van der Waals surface area (Å²) in [5.74, 6) is 0.275. The van der Waals surface area contributed by atoms with Gasteiger partial charge in [0.15, 0.2) is 0 Å². The van der Waals surface area contributed by atoms with Crippen LogP contribution >= 0.6 is 0 Å². The summed E-state index contributed by atoms with van der Waals surface area (Å²) in [7, 11) is 0. The predicted octanol–water partition coefficient (Wildman–Crippen LogP) is 0.766. The minimum absolute atomic E-state index is 0.0434. The summed E-state index contributed by atoms with van der Waals surface area (Å²) >= 11 is 0. The second kappa shape index (κ2) is 5.64. The molecule has 2 atom stereocenters. The topological polar surface area (TPSA) is 41.6 Å². The first-order valence-corrected chi connectivity index (χ1v) is 6.40. The van der Waals surface area contributed by atoms with Crippen LogP contribution in [0.4, 0.5) is 0 Å². The minimum atomic E-state index is 0.0434. The summed E-state index contributed by atoms with van der Waals surface area (Å²) in [5, 5.41) is 3.40. The maximum atomic E-state index is 12.3. The molecule has 92 valence electrons. The fourth-order valence-corrected chi connectivity index (χ4v) is 2.52. The molecule has 2 saturated heterocycles. The molecule has 0 aromatic carbocycles. The molecule has 4 nitrogen and oxygen atoms in total. The van der Waals surface area contributed by atoms with Crippen LogP contribution in [0.15, 0.2) is 0 Å². The number of rotatable bonds is 1. The van der Waals surface area contributed by atoms with Crippen LogP contribution in [0.25, 0.3) is 0 Å². The first-order valence-electron chi connectivity index (χ1n) is 6.40. The minimum Gasteiger partial charge on any atom is -0.380 e. The quantitative estimate of drug-likeness (QED) is 0.718. The number of carbonyl (C=O) groups excluding carboxylic acids is 1. The number of carbonyl (C=O) groups is 1. The highest BCUT2D eigenvalue weighted by molar-refractivity contribution is 5.82. The molecule has 2 aliphatic heterocycles. The van der Waals surface area contributed by atoms with Crippen molar-refractivity contribution in [3.63, 3.8) is 0 Å². The first-order chi connectivity index (χ1) is 7.77. The number of nitrogens with zero attached hydrogens (tertiary/aromatic N) is 1. The van der Waals surface area contributed by atoms with Gasteiger partial charge < -0.3 is 15.0 Å². The van der Waals surface area contributed by atoms with Crippen molar-refractivity contribution in [3.8, 4) is 0 Å². The Hall–Kier alpha value is -0.610. The molecule has 16 heavy (non-hydrogen) atoms. The zero-order valence-electron chi connectivity index (χ0n) is 10.1. The predicted molar refractivity (Wildman–Crippen MR) is 62.3 cm³/mol. The number of hydrogen-bond acceptors (Lipinski definition) is 3. The summed E-state index contributed by atoms with van der Waals surface area (Å²) in [6.45, 7) is 5.24. The highest BCUT2D eigenvalue weighted by Gasteiger charge is 2.28. The molecule has 0 aliphatic carbocycles. The van der Waals surface area contributed by atoms with Gasteiger partial charge in [-0.3, -0.25) is 4.79 Å². The molecule has 0 aromatic rings. The fraction of sp³-hybridized carbons (Fsp3) is 0.917. The highest BCUT2D eigenvalue weighted by Crippen LogP contribution is 2.15. The van der Waals surface area contributed by atoms with Gasteiger partial charge in [0.1, 0.15) is 0 Å². The molecule has 0 bridgehead atoms. The molecule has 2 unspecified atom stereocenters. The van der Waals surface area contributed by atoms with Crippen molar-refractivity contribution in [2.75, 3.05) is 26.3 Å². The van der Waals surface area contributed by atoms with E-state index in [2.05, 4.69) is 12.2 Å². The average molecular weight is 226 g/mol. The summed E-state index contributed by atoms with van der Waals surface area (Å²) in [5.41, 5.74) is 0. The summed E-state index contributed by atoms with van der Waals surface area (Å²) in [6.07, 6.45) is 4.30. The Morgan fingerprint density at radius 3 is 2.94 bits per heavy atom. The zero-order valence-corrected chi connectivity index (χ0v) is 10.1. The smallest absolute Gasteiger partial charge is 0.239 e. The molecule has 2 fully saturated rings. The summed E-state index contributed by atoms with van der Waals surface area (Å²) in [6, 6.07) is 0.521. The standard InChI is InChI=1S/C12H22N2O2/c1-10-4-2-5-11(13-10)12(15)14-6-3-8-16-9-7-14/h10-11,13H,2-9H2,1H3. The van der Waals surface area contributed by atoms with E-state index >= 15 is 0 Å². The van der Waals surface area contributed by atoms with E-state index in [0.29, 0.717) is 12.6 Å².